The number of hydrogen-bond acceptors (Lipinski definition) is 4. The molecule has 0 bridgehead atoms. The summed E-state index contributed by atoms with van der Waals surface area (Å²) in [6, 6.07) is 26.1. The number of benzene rings is 4. The first-order valence-corrected chi connectivity index (χ1v) is 23.8. The summed E-state index contributed by atoms with van der Waals surface area (Å²) in [7, 11) is -1.33. The summed E-state index contributed by atoms with van der Waals surface area (Å²) in [5.74, 6) is -0.00205. The third kappa shape index (κ3) is 13.0. The van der Waals surface area contributed by atoms with Gasteiger partial charge in [-0.2, -0.15) is 0 Å². The van der Waals surface area contributed by atoms with Crippen LogP contribution in [0.1, 0.15) is 134 Å². The van der Waals surface area contributed by atoms with Gasteiger partial charge in [0.25, 0.3) is 0 Å². The Bertz CT molecular complexity index is 1790. The number of aryl methyl sites for hydroxylation is 5. The van der Waals surface area contributed by atoms with Crippen LogP contribution in [0.5, 0.6) is 11.5 Å². The van der Waals surface area contributed by atoms with E-state index in [2.05, 4.69) is 105 Å². The van der Waals surface area contributed by atoms with Crippen molar-refractivity contribution < 1.29 is 30.6 Å². The SMILES string of the molecule is CCCCC(C=Nc1ccc(CC)c(CC)c1)=Nc1ccc(CC)c(CC)c1.CCCCCc1ccc2c(O)c(O)ccc2c1C[Si](CC)(CC)CC.[Pd]. The van der Waals surface area contributed by atoms with Crippen LogP contribution in [0.4, 0.5) is 11.4 Å². The van der Waals surface area contributed by atoms with E-state index < -0.39 is 8.07 Å². The number of aliphatic imine (C=N–C) groups is 2. The number of unbranched alkanes of at least 4 members (excludes halogenated alkanes) is 3. The molecule has 0 spiro atoms. The standard InChI is InChI=1S/C26H36N2.C22H34O2Si.Pd/c1-6-11-12-26(28-25-16-14-21(8-3)23(10-5)18-25)19-27-24-15-13-20(7-2)22(9-4)17-24;1-5-9-10-11-17-12-13-19-18(14-15-21(23)22(19)24)20(17)16-25(6-2,7-3)8-4;/h13-19H,6-12H2,1-5H3;12-15,23-24H,5-11,16H2,1-4H3;. The molecule has 4 aromatic carbocycles. The zero-order chi connectivity index (χ0) is 38.8. The van der Waals surface area contributed by atoms with Gasteiger partial charge in [0.1, 0.15) is 0 Å². The molecule has 6 heteroatoms. The predicted molar refractivity (Wildman–Crippen MR) is 237 cm³/mol. The van der Waals surface area contributed by atoms with Gasteiger partial charge in [0.05, 0.1) is 25.2 Å². The summed E-state index contributed by atoms with van der Waals surface area (Å²) in [5.41, 5.74) is 11.6. The minimum atomic E-state index is -1.33. The van der Waals surface area contributed by atoms with E-state index in [-0.39, 0.29) is 31.9 Å². The Morgan fingerprint density at radius 2 is 1.13 bits per heavy atom. The minimum Gasteiger partial charge on any atom is -0.504 e. The van der Waals surface area contributed by atoms with Crippen LogP contribution < -0.4 is 0 Å². The van der Waals surface area contributed by atoms with Crippen LogP contribution in [-0.2, 0) is 58.6 Å². The average molecular weight is 842 g/mol. The van der Waals surface area contributed by atoms with Crippen molar-refractivity contribution >= 4 is 42.1 Å². The second-order valence-electron chi connectivity index (χ2n) is 14.7. The summed E-state index contributed by atoms with van der Waals surface area (Å²) < 4.78 is 0. The molecule has 0 aliphatic heterocycles. The molecule has 298 valence electrons. The topological polar surface area (TPSA) is 65.2 Å². The van der Waals surface area contributed by atoms with Crippen molar-refractivity contribution in [2.75, 3.05) is 0 Å². The Kier molecular flexibility index (Phi) is 21.3. The van der Waals surface area contributed by atoms with Crippen molar-refractivity contribution in [2.45, 2.75) is 157 Å². The zero-order valence-corrected chi connectivity index (χ0v) is 37.6. The van der Waals surface area contributed by atoms with Gasteiger partial charge in [-0.05, 0) is 127 Å². The van der Waals surface area contributed by atoms with Gasteiger partial charge in [-0.25, -0.2) is 0 Å². The average Bonchev–Trinajstić information content (AvgIpc) is 3.19. The van der Waals surface area contributed by atoms with Crippen LogP contribution in [0, 0.1) is 0 Å². The molecule has 0 heterocycles. The molecule has 0 amide bonds. The van der Waals surface area contributed by atoms with Crippen LogP contribution in [0.2, 0.25) is 18.1 Å². The maximum absolute atomic E-state index is 10.3. The third-order valence-electron chi connectivity index (χ3n) is 11.5. The van der Waals surface area contributed by atoms with Gasteiger partial charge in [-0.15, -0.1) is 0 Å². The third-order valence-corrected chi connectivity index (χ3v) is 17.1. The van der Waals surface area contributed by atoms with Crippen molar-refractivity contribution in [2.24, 2.45) is 9.98 Å². The van der Waals surface area contributed by atoms with E-state index >= 15 is 0 Å². The van der Waals surface area contributed by atoms with Crippen LogP contribution >= 0.6 is 0 Å². The Balaban J connectivity index is 0.000000369. The van der Waals surface area contributed by atoms with Gasteiger partial charge in [0.2, 0.25) is 0 Å². The zero-order valence-electron chi connectivity index (χ0n) is 35.1. The Hall–Kier alpha value is -3.04. The van der Waals surface area contributed by atoms with Gasteiger partial charge in [-0.3, -0.25) is 9.98 Å². The number of phenols is 2. The van der Waals surface area contributed by atoms with Crippen molar-refractivity contribution in [1.29, 1.82) is 0 Å². The Morgan fingerprint density at radius 3 is 1.69 bits per heavy atom. The van der Waals surface area contributed by atoms with Gasteiger partial charge in [0, 0.05) is 32.0 Å². The van der Waals surface area contributed by atoms with Crippen molar-refractivity contribution in [3.05, 3.63) is 94.0 Å². The van der Waals surface area contributed by atoms with Gasteiger partial charge >= 0.3 is 0 Å². The van der Waals surface area contributed by atoms with E-state index in [1.54, 1.807) is 6.07 Å². The fraction of sp³-hybridized carbons (Fsp3) is 0.500. The van der Waals surface area contributed by atoms with E-state index in [1.165, 1.54) is 76.8 Å². The summed E-state index contributed by atoms with van der Waals surface area (Å²) in [6.45, 7) is 20.4. The minimum absolute atomic E-state index is 0. The molecular weight excluding hydrogens is 771 g/mol. The summed E-state index contributed by atoms with van der Waals surface area (Å²) in [4.78, 5) is 9.70. The first-order valence-electron chi connectivity index (χ1n) is 21.0. The van der Waals surface area contributed by atoms with Gasteiger partial charge in [-0.1, -0.05) is 130 Å². The van der Waals surface area contributed by atoms with Gasteiger partial charge in [0.15, 0.2) is 11.5 Å². The maximum atomic E-state index is 10.3. The second kappa shape index (κ2) is 24.5. The predicted octanol–water partition coefficient (Wildman–Crippen LogP) is 14.2. The molecule has 0 saturated heterocycles. The molecule has 0 saturated carbocycles. The molecule has 4 nitrogen and oxygen atoms in total. The number of nitrogens with zero attached hydrogens (tertiary/aromatic N) is 2. The summed E-state index contributed by atoms with van der Waals surface area (Å²) in [5, 5.41) is 22.1. The van der Waals surface area contributed by atoms with Crippen molar-refractivity contribution in [3.8, 4) is 11.5 Å². The normalized spacial score (nSPS) is 11.8. The molecule has 4 rings (SSSR count). The molecule has 0 fully saturated rings. The number of phenolic OH excluding ortho intramolecular Hbond substituents is 2. The van der Waals surface area contributed by atoms with Crippen molar-refractivity contribution in [3.63, 3.8) is 0 Å². The largest absolute Gasteiger partial charge is 0.504 e. The fourth-order valence-electron chi connectivity index (χ4n) is 7.54. The Morgan fingerprint density at radius 1 is 0.593 bits per heavy atom. The summed E-state index contributed by atoms with van der Waals surface area (Å²) >= 11 is 0. The maximum Gasteiger partial charge on any atom is 0.165 e. The second-order valence-corrected chi connectivity index (χ2v) is 20.2. The molecule has 4 aromatic rings. The van der Waals surface area contributed by atoms with E-state index in [0.717, 1.165) is 79.2 Å². The number of fused-ring (bicyclic) bond motifs is 1. The smallest absolute Gasteiger partial charge is 0.165 e. The number of rotatable bonds is 19. The molecule has 0 unspecified atom stereocenters. The first kappa shape index (κ1) is 47.1. The van der Waals surface area contributed by atoms with Crippen molar-refractivity contribution in [1.82, 2.24) is 0 Å². The van der Waals surface area contributed by atoms with E-state index in [4.69, 9.17) is 9.98 Å². The molecule has 54 heavy (non-hydrogen) atoms. The van der Waals surface area contributed by atoms with Crippen LogP contribution in [0.15, 0.2) is 70.6 Å². The van der Waals surface area contributed by atoms with E-state index in [1.807, 2.05) is 18.3 Å². The molecular formula is C48H70N2O2PdSi. The molecule has 0 aromatic heterocycles. The van der Waals surface area contributed by atoms with Crippen LogP contribution in [0.3, 0.4) is 0 Å². The Labute approximate surface area is 343 Å². The van der Waals surface area contributed by atoms with Crippen LogP contribution in [0.25, 0.3) is 10.8 Å². The van der Waals surface area contributed by atoms with Crippen LogP contribution in [-0.4, -0.2) is 30.2 Å². The monoisotopic (exact) mass is 840 g/mol. The number of hydrogen-bond donors (Lipinski definition) is 2. The molecule has 0 atom stereocenters. The first-order chi connectivity index (χ1) is 25.7. The van der Waals surface area contributed by atoms with E-state index in [0.29, 0.717) is 0 Å². The molecule has 0 radical (unpaired) electrons. The summed E-state index contributed by atoms with van der Waals surface area (Å²) in [6.07, 6.45) is 14.3. The molecule has 2 N–H and O–H groups in total. The molecule has 0 aliphatic rings. The van der Waals surface area contributed by atoms with Gasteiger partial charge < -0.3 is 10.2 Å². The quantitative estimate of drug-likeness (QED) is 0.0427. The number of aromatic hydroxyl groups is 2. The van der Waals surface area contributed by atoms with E-state index in [9.17, 15) is 10.2 Å². The molecule has 0 aliphatic carbocycles. The fourth-order valence-corrected chi connectivity index (χ4v) is 11.0.